The minimum atomic E-state index is -4.42. The molecule has 1 aliphatic rings. The van der Waals surface area contributed by atoms with Gasteiger partial charge in [0.2, 0.25) is 0 Å². The number of imidazole rings is 1. The Kier molecular flexibility index (Phi) is 4.02. The van der Waals surface area contributed by atoms with Crippen molar-refractivity contribution in [1.29, 1.82) is 0 Å². The fourth-order valence-electron chi connectivity index (χ4n) is 3.17. The summed E-state index contributed by atoms with van der Waals surface area (Å²) in [6.45, 7) is 4.36. The van der Waals surface area contributed by atoms with Gasteiger partial charge in [0, 0.05) is 24.6 Å². The number of aliphatic imine (C=N–C) groups is 1. The molecule has 0 saturated heterocycles. The molecule has 3 heterocycles. The number of rotatable bonds is 2. The Hall–Kier alpha value is -3.09. The monoisotopic (exact) mass is 370 g/mol. The Balaban J connectivity index is 1.88. The second kappa shape index (κ2) is 6.26. The van der Waals surface area contributed by atoms with Crippen LogP contribution in [0, 0.1) is 13.8 Å². The number of anilines is 1. The first-order chi connectivity index (χ1) is 12.8. The minimum Gasteiger partial charge on any atom is -0.321 e. The van der Waals surface area contributed by atoms with E-state index in [0.717, 1.165) is 23.5 Å². The van der Waals surface area contributed by atoms with Gasteiger partial charge in [0.05, 0.1) is 11.3 Å². The van der Waals surface area contributed by atoms with Gasteiger partial charge in [0.25, 0.3) is 0 Å². The number of halogens is 3. The van der Waals surface area contributed by atoms with Crippen LogP contribution in [0.2, 0.25) is 0 Å². The van der Waals surface area contributed by atoms with Crippen molar-refractivity contribution in [2.75, 3.05) is 11.4 Å². The van der Waals surface area contributed by atoms with Crippen molar-refractivity contribution in [3.63, 3.8) is 0 Å². The normalized spacial score (nSPS) is 14.7. The first kappa shape index (κ1) is 17.3. The number of nitrogens with zero attached hydrogens (tertiary/aromatic N) is 4. The van der Waals surface area contributed by atoms with Gasteiger partial charge >= 0.3 is 6.18 Å². The standard InChI is InChI=1S/C20H17F3N4/c1-13-4-7-16(8-5-13)26-11-3-10-24-19(26)18-14(2)25-17-9-6-15(12-27(17)18)20(21,22)23/h3-10,12H,11H2,1-2H3. The summed E-state index contributed by atoms with van der Waals surface area (Å²) in [5.41, 5.74) is 2.97. The SMILES string of the molecule is Cc1ccc(N2CC=CN=C2c2c(C)nc3ccc(C(F)(F)F)cn23)cc1. The maximum atomic E-state index is 13.2. The van der Waals surface area contributed by atoms with Crippen molar-refractivity contribution in [2.24, 2.45) is 4.99 Å². The van der Waals surface area contributed by atoms with Crippen LogP contribution in [-0.2, 0) is 6.18 Å². The van der Waals surface area contributed by atoms with Gasteiger partial charge < -0.3 is 4.90 Å². The molecule has 0 N–H and O–H groups in total. The van der Waals surface area contributed by atoms with Gasteiger partial charge in [-0.2, -0.15) is 13.2 Å². The van der Waals surface area contributed by atoms with E-state index in [2.05, 4.69) is 9.98 Å². The zero-order chi connectivity index (χ0) is 19.2. The average Bonchev–Trinajstić information content (AvgIpc) is 2.96. The third-order valence-electron chi connectivity index (χ3n) is 4.52. The van der Waals surface area contributed by atoms with Crippen molar-refractivity contribution in [3.05, 3.63) is 77.4 Å². The maximum absolute atomic E-state index is 13.2. The molecule has 0 unspecified atom stereocenters. The second-order valence-electron chi connectivity index (χ2n) is 6.47. The number of fused-ring (bicyclic) bond motifs is 1. The van der Waals surface area contributed by atoms with Crippen LogP contribution < -0.4 is 4.90 Å². The average molecular weight is 370 g/mol. The molecule has 0 saturated carbocycles. The molecule has 0 atom stereocenters. The van der Waals surface area contributed by atoms with E-state index >= 15 is 0 Å². The molecule has 0 fully saturated rings. The molecule has 2 aromatic heterocycles. The van der Waals surface area contributed by atoms with Crippen LogP contribution in [0.5, 0.6) is 0 Å². The number of amidine groups is 1. The summed E-state index contributed by atoms with van der Waals surface area (Å²) in [6.07, 6.45) is 0.239. The summed E-state index contributed by atoms with van der Waals surface area (Å²) in [5.74, 6) is 0.575. The highest BCUT2D eigenvalue weighted by molar-refractivity contribution is 6.11. The number of hydrogen-bond acceptors (Lipinski definition) is 3. The highest BCUT2D eigenvalue weighted by atomic mass is 19.4. The lowest BCUT2D eigenvalue weighted by Gasteiger charge is -2.27. The number of hydrogen-bond donors (Lipinski definition) is 0. The Bertz CT molecular complexity index is 1060. The number of aromatic nitrogens is 2. The van der Waals surface area contributed by atoms with Crippen LogP contribution in [0.15, 0.2) is 59.9 Å². The number of aryl methyl sites for hydroxylation is 2. The highest BCUT2D eigenvalue weighted by Gasteiger charge is 2.32. The molecule has 27 heavy (non-hydrogen) atoms. The first-order valence-electron chi connectivity index (χ1n) is 8.48. The molecule has 1 aliphatic heterocycles. The smallest absolute Gasteiger partial charge is 0.321 e. The van der Waals surface area contributed by atoms with Gasteiger partial charge in [0.1, 0.15) is 11.3 Å². The highest BCUT2D eigenvalue weighted by Crippen LogP contribution is 2.30. The second-order valence-corrected chi connectivity index (χ2v) is 6.47. The van der Waals surface area contributed by atoms with E-state index in [1.807, 2.05) is 42.2 Å². The largest absolute Gasteiger partial charge is 0.417 e. The fourth-order valence-corrected chi connectivity index (χ4v) is 3.17. The Morgan fingerprint density at radius 1 is 1.00 bits per heavy atom. The molecule has 0 amide bonds. The zero-order valence-electron chi connectivity index (χ0n) is 14.8. The molecule has 0 aliphatic carbocycles. The van der Waals surface area contributed by atoms with Gasteiger partial charge in [-0.1, -0.05) is 17.7 Å². The zero-order valence-corrected chi connectivity index (χ0v) is 14.8. The van der Waals surface area contributed by atoms with Crippen LogP contribution in [0.3, 0.4) is 0 Å². The molecule has 4 rings (SSSR count). The molecule has 1 aromatic carbocycles. The minimum absolute atomic E-state index is 0.455. The molecule has 0 bridgehead atoms. The van der Waals surface area contributed by atoms with Crippen molar-refractivity contribution >= 4 is 17.2 Å². The predicted molar refractivity (Wildman–Crippen MR) is 99.1 cm³/mol. The van der Waals surface area contributed by atoms with E-state index < -0.39 is 11.7 Å². The van der Waals surface area contributed by atoms with Crippen LogP contribution >= 0.6 is 0 Å². The topological polar surface area (TPSA) is 32.9 Å². The van der Waals surface area contributed by atoms with Gasteiger partial charge in [0.15, 0.2) is 5.84 Å². The molecular weight excluding hydrogens is 353 g/mol. The summed E-state index contributed by atoms with van der Waals surface area (Å²) in [7, 11) is 0. The quantitative estimate of drug-likeness (QED) is 0.652. The van der Waals surface area contributed by atoms with Gasteiger partial charge in [-0.25, -0.2) is 9.98 Å². The molecule has 0 radical (unpaired) electrons. The summed E-state index contributed by atoms with van der Waals surface area (Å²) in [6, 6.07) is 10.4. The molecular formula is C20H17F3N4. The van der Waals surface area contributed by atoms with Crippen molar-refractivity contribution in [1.82, 2.24) is 9.38 Å². The summed E-state index contributed by atoms with van der Waals surface area (Å²) in [5, 5.41) is 0. The van der Waals surface area contributed by atoms with Crippen molar-refractivity contribution < 1.29 is 13.2 Å². The molecule has 3 aromatic rings. The van der Waals surface area contributed by atoms with Crippen LogP contribution in [0.4, 0.5) is 18.9 Å². The predicted octanol–water partition coefficient (Wildman–Crippen LogP) is 4.75. The Labute approximate surface area is 154 Å². The number of pyridine rings is 1. The maximum Gasteiger partial charge on any atom is 0.417 e. The first-order valence-corrected chi connectivity index (χ1v) is 8.48. The third-order valence-corrected chi connectivity index (χ3v) is 4.52. The van der Waals surface area contributed by atoms with Gasteiger partial charge in [-0.15, -0.1) is 0 Å². The van der Waals surface area contributed by atoms with Crippen LogP contribution in [0.1, 0.15) is 22.5 Å². The van der Waals surface area contributed by atoms with E-state index in [0.29, 0.717) is 29.4 Å². The lowest BCUT2D eigenvalue weighted by atomic mass is 10.2. The van der Waals surface area contributed by atoms with E-state index in [1.54, 1.807) is 13.1 Å². The van der Waals surface area contributed by atoms with E-state index in [1.165, 1.54) is 10.5 Å². The number of benzene rings is 1. The van der Waals surface area contributed by atoms with E-state index in [-0.39, 0.29) is 0 Å². The number of alkyl halides is 3. The van der Waals surface area contributed by atoms with Crippen LogP contribution in [-0.4, -0.2) is 21.8 Å². The lowest BCUT2D eigenvalue weighted by molar-refractivity contribution is -0.137. The summed E-state index contributed by atoms with van der Waals surface area (Å²) < 4.78 is 41.0. The summed E-state index contributed by atoms with van der Waals surface area (Å²) in [4.78, 5) is 10.9. The fraction of sp³-hybridized carbons (Fsp3) is 0.200. The molecule has 138 valence electrons. The van der Waals surface area contributed by atoms with Crippen molar-refractivity contribution in [2.45, 2.75) is 20.0 Å². The van der Waals surface area contributed by atoms with E-state index in [4.69, 9.17) is 0 Å². The van der Waals surface area contributed by atoms with E-state index in [9.17, 15) is 13.2 Å². The Morgan fingerprint density at radius 2 is 1.74 bits per heavy atom. The third kappa shape index (κ3) is 3.09. The molecule has 0 spiro atoms. The van der Waals surface area contributed by atoms with Gasteiger partial charge in [-0.3, -0.25) is 4.40 Å². The lowest BCUT2D eigenvalue weighted by Crippen LogP contribution is -2.34. The van der Waals surface area contributed by atoms with Gasteiger partial charge in [-0.05, 0) is 44.2 Å². The van der Waals surface area contributed by atoms with Crippen LogP contribution in [0.25, 0.3) is 5.65 Å². The summed E-state index contributed by atoms with van der Waals surface area (Å²) >= 11 is 0. The molecule has 7 heteroatoms. The van der Waals surface area contributed by atoms with Crippen molar-refractivity contribution in [3.8, 4) is 0 Å². The molecule has 4 nitrogen and oxygen atoms in total. The Morgan fingerprint density at radius 3 is 2.44 bits per heavy atom.